The molecule has 2 aromatic carbocycles. The Balaban J connectivity index is 1.80. The number of benzene rings is 2. The third-order valence-electron chi connectivity index (χ3n) is 4.77. The molecular weight excluding hydrogens is 434 g/mol. The van der Waals surface area contributed by atoms with Crippen LogP contribution in [-0.2, 0) is 21.3 Å². The number of aryl methyl sites for hydroxylation is 2. The van der Waals surface area contributed by atoms with Crippen molar-refractivity contribution in [2.75, 3.05) is 19.5 Å². The molecule has 7 nitrogen and oxygen atoms in total. The van der Waals surface area contributed by atoms with Crippen molar-refractivity contribution in [3.63, 3.8) is 0 Å². The SMILES string of the molecule is CCCc1ccc(-c2nc(NC(=O)c3cccc(S(=O)(=O)N(C)OC)c3)sc2C)cc1. The van der Waals surface area contributed by atoms with Gasteiger partial charge in [-0.2, -0.15) is 0 Å². The molecule has 0 unspecified atom stereocenters. The number of rotatable bonds is 8. The van der Waals surface area contributed by atoms with Gasteiger partial charge in [0, 0.05) is 23.1 Å². The van der Waals surface area contributed by atoms with Gasteiger partial charge >= 0.3 is 0 Å². The Morgan fingerprint density at radius 1 is 1.19 bits per heavy atom. The third-order valence-corrected chi connectivity index (χ3v) is 7.33. The van der Waals surface area contributed by atoms with E-state index < -0.39 is 15.9 Å². The van der Waals surface area contributed by atoms with Crippen molar-refractivity contribution in [2.45, 2.75) is 31.6 Å². The van der Waals surface area contributed by atoms with Gasteiger partial charge in [-0.15, -0.1) is 11.3 Å². The monoisotopic (exact) mass is 459 g/mol. The molecule has 31 heavy (non-hydrogen) atoms. The summed E-state index contributed by atoms with van der Waals surface area (Å²) in [5.41, 5.74) is 3.30. The summed E-state index contributed by atoms with van der Waals surface area (Å²) in [4.78, 5) is 23.0. The first-order chi connectivity index (χ1) is 14.8. The first kappa shape index (κ1) is 23.1. The smallest absolute Gasteiger partial charge is 0.264 e. The Labute approximate surface area is 186 Å². The molecule has 0 aliphatic rings. The second-order valence-electron chi connectivity index (χ2n) is 6.95. The number of hydroxylamine groups is 1. The molecule has 1 N–H and O–H groups in total. The number of aromatic nitrogens is 1. The molecule has 0 fully saturated rings. The van der Waals surface area contributed by atoms with Gasteiger partial charge in [0.25, 0.3) is 15.9 Å². The van der Waals surface area contributed by atoms with Crippen LogP contribution in [0.5, 0.6) is 0 Å². The summed E-state index contributed by atoms with van der Waals surface area (Å²) in [5, 5.41) is 3.23. The van der Waals surface area contributed by atoms with Crippen molar-refractivity contribution in [1.82, 2.24) is 9.45 Å². The molecule has 164 valence electrons. The summed E-state index contributed by atoms with van der Waals surface area (Å²) in [6.45, 7) is 4.10. The van der Waals surface area contributed by atoms with Gasteiger partial charge in [0.2, 0.25) is 0 Å². The van der Waals surface area contributed by atoms with Crippen LogP contribution >= 0.6 is 11.3 Å². The zero-order valence-corrected chi connectivity index (χ0v) is 19.5. The minimum atomic E-state index is -3.85. The van der Waals surface area contributed by atoms with Crippen LogP contribution < -0.4 is 5.32 Å². The van der Waals surface area contributed by atoms with Gasteiger partial charge in [-0.05, 0) is 37.1 Å². The standard InChI is InChI=1S/C22H25N3O4S2/c1-5-7-16-10-12-17(13-11-16)20-15(2)30-22(23-20)24-21(26)18-8-6-9-19(14-18)31(27,28)25(3)29-4/h6,8-14H,5,7H2,1-4H3,(H,23,24,26). The molecule has 3 rings (SSSR count). The number of nitrogens with zero attached hydrogens (tertiary/aromatic N) is 2. The van der Waals surface area contributed by atoms with Crippen molar-refractivity contribution >= 4 is 32.4 Å². The molecule has 1 amide bonds. The van der Waals surface area contributed by atoms with Crippen LogP contribution in [0.3, 0.4) is 0 Å². The van der Waals surface area contributed by atoms with Crippen LogP contribution in [0.2, 0.25) is 0 Å². The molecule has 0 aliphatic carbocycles. The molecule has 9 heteroatoms. The van der Waals surface area contributed by atoms with Crippen LogP contribution in [0.4, 0.5) is 5.13 Å². The van der Waals surface area contributed by atoms with Crippen LogP contribution in [-0.4, -0.2) is 37.9 Å². The van der Waals surface area contributed by atoms with Crippen LogP contribution in [0.25, 0.3) is 11.3 Å². The largest absolute Gasteiger partial charge is 0.298 e. The lowest BCUT2D eigenvalue weighted by molar-refractivity contribution is -0.0258. The number of anilines is 1. The summed E-state index contributed by atoms with van der Waals surface area (Å²) in [7, 11) is -1.30. The molecule has 0 atom stereocenters. The molecule has 1 aromatic heterocycles. The van der Waals surface area contributed by atoms with Gasteiger partial charge in [0.1, 0.15) is 0 Å². The predicted molar refractivity (Wildman–Crippen MR) is 123 cm³/mol. The average Bonchev–Trinajstić information content (AvgIpc) is 3.13. The Hall–Kier alpha value is -2.59. The second-order valence-corrected chi connectivity index (χ2v) is 10.1. The van der Waals surface area contributed by atoms with Crippen LogP contribution in [0.15, 0.2) is 53.4 Å². The van der Waals surface area contributed by atoms with Crippen molar-refractivity contribution in [3.05, 3.63) is 64.5 Å². The summed E-state index contributed by atoms with van der Waals surface area (Å²) in [5.74, 6) is -0.435. The Bertz CT molecular complexity index is 1170. The maximum atomic E-state index is 12.7. The zero-order chi connectivity index (χ0) is 22.6. The number of carbonyl (C=O) groups excluding carboxylic acids is 1. The first-order valence-electron chi connectivity index (χ1n) is 9.77. The maximum absolute atomic E-state index is 12.7. The average molecular weight is 460 g/mol. The Morgan fingerprint density at radius 2 is 1.90 bits per heavy atom. The predicted octanol–water partition coefficient (Wildman–Crippen LogP) is 4.51. The summed E-state index contributed by atoms with van der Waals surface area (Å²) < 4.78 is 25.6. The molecule has 1 heterocycles. The lowest BCUT2D eigenvalue weighted by atomic mass is 10.1. The van der Waals surface area contributed by atoms with Crippen molar-refractivity contribution in [2.24, 2.45) is 0 Å². The van der Waals surface area contributed by atoms with E-state index in [-0.39, 0.29) is 10.5 Å². The van der Waals surface area contributed by atoms with Crippen molar-refractivity contribution in [1.29, 1.82) is 0 Å². The molecule has 0 spiro atoms. The highest BCUT2D eigenvalue weighted by Crippen LogP contribution is 2.31. The van der Waals surface area contributed by atoms with E-state index in [1.54, 1.807) is 6.07 Å². The van der Waals surface area contributed by atoms with E-state index in [0.29, 0.717) is 5.13 Å². The number of hydrogen-bond acceptors (Lipinski definition) is 6. The van der Waals surface area contributed by atoms with Gasteiger partial charge in [0.05, 0.1) is 17.7 Å². The molecule has 0 saturated heterocycles. The minimum Gasteiger partial charge on any atom is -0.298 e. The van der Waals surface area contributed by atoms with E-state index in [2.05, 4.69) is 29.4 Å². The molecule has 0 radical (unpaired) electrons. The fourth-order valence-corrected chi connectivity index (χ4v) is 4.90. The number of carbonyl (C=O) groups is 1. The molecule has 0 bridgehead atoms. The molecular formula is C22H25N3O4S2. The number of amides is 1. The van der Waals surface area contributed by atoms with E-state index in [1.165, 1.54) is 49.3 Å². The fourth-order valence-electron chi connectivity index (χ4n) is 3.05. The van der Waals surface area contributed by atoms with Gasteiger partial charge in [-0.3, -0.25) is 14.9 Å². The van der Waals surface area contributed by atoms with Crippen LogP contribution in [0.1, 0.15) is 34.1 Å². The Morgan fingerprint density at radius 3 is 2.55 bits per heavy atom. The normalized spacial score (nSPS) is 11.6. The van der Waals surface area contributed by atoms with E-state index in [9.17, 15) is 13.2 Å². The zero-order valence-electron chi connectivity index (χ0n) is 17.9. The highest BCUT2D eigenvalue weighted by atomic mass is 32.2. The summed E-state index contributed by atoms with van der Waals surface area (Å²) in [6.07, 6.45) is 2.13. The summed E-state index contributed by atoms with van der Waals surface area (Å²) in [6, 6.07) is 14.1. The molecule has 3 aromatic rings. The number of sulfonamides is 1. The van der Waals surface area contributed by atoms with Gasteiger partial charge in [-0.1, -0.05) is 48.1 Å². The van der Waals surface area contributed by atoms with E-state index in [0.717, 1.165) is 33.4 Å². The quantitative estimate of drug-likeness (QED) is 0.501. The maximum Gasteiger partial charge on any atom is 0.264 e. The second kappa shape index (κ2) is 9.69. The number of thiazole rings is 1. The number of nitrogens with one attached hydrogen (secondary N) is 1. The molecule has 0 aliphatic heterocycles. The molecule has 0 saturated carbocycles. The van der Waals surface area contributed by atoms with Gasteiger partial charge in [-0.25, -0.2) is 13.4 Å². The van der Waals surface area contributed by atoms with E-state index in [1.807, 2.05) is 19.1 Å². The highest BCUT2D eigenvalue weighted by Gasteiger charge is 2.22. The van der Waals surface area contributed by atoms with Gasteiger partial charge < -0.3 is 0 Å². The fraction of sp³-hybridized carbons (Fsp3) is 0.273. The van der Waals surface area contributed by atoms with E-state index >= 15 is 0 Å². The third kappa shape index (κ3) is 5.19. The topological polar surface area (TPSA) is 88.6 Å². The Kier molecular flexibility index (Phi) is 7.22. The lowest BCUT2D eigenvalue weighted by Crippen LogP contribution is -2.26. The van der Waals surface area contributed by atoms with Crippen molar-refractivity contribution < 1.29 is 18.0 Å². The van der Waals surface area contributed by atoms with Crippen LogP contribution in [0, 0.1) is 6.92 Å². The first-order valence-corrected chi connectivity index (χ1v) is 12.0. The van der Waals surface area contributed by atoms with Gasteiger partial charge in [0.15, 0.2) is 5.13 Å². The number of hydrogen-bond donors (Lipinski definition) is 1. The highest BCUT2D eigenvalue weighted by molar-refractivity contribution is 7.89. The van der Waals surface area contributed by atoms with Crippen molar-refractivity contribution in [3.8, 4) is 11.3 Å². The lowest BCUT2D eigenvalue weighted by Gasteiger charge is -2.14. The van der Waals surface area contributed by atoms with E-state index in [4.69, 9.17) is 4.84 Å². The minimum absolute atomic E-state index is 0.0346. The summed E-state index contributed by atoms with van der Waals surface area (Å²) >= 11 is 1.38.